The van der Waals surface area contributed by atoms with E-state index in [0.29, 0.717) is 12.6 Å². The third kappa shape index (κ3) is 3.80. The fourth-order valence-electron chi connectivity index (χ4n) is 2.76. The molecule has 0 saturated heterocycles. The molecular formula is C17H23N3O2. The van der Waals surface area contributed by atoms with Crippen LogP contribution in [0.1, 0.15) is 18.4 Å². The SMILES string of the molecule is COc1cccc(CC(Nc2cnn(CCO)c2)C2CC2)c1. The molecule has 22 heavy (non-hydrogen) atoms. The number of hydrogen-bond acceptors (Lipinski definition) is 4. The number of aliphatic hydroxyl groups is 1. The lowest BCUT2D eigenvalue weighted by atomic mass is 10.0. The van der Waals surface area contributed by atoms with Crippen molar-refractivity contribution in [2.75, 3.05) is 19.0 Å². The molecule has 118 valence electrons. The molecule has 2 aromatic rings. The lowest BCUT2D eigenvalue weighted by Crippen LogP contribution is -2.24. The summed E-state index contributed by atoms with van der Waals surface area (Å²) in [6.45, 7) is 0.642. The van der Waals surface area contributed by atoms with Gasteiger partial charge >= 0.3 is 0 Å². The number of nitrogens with zero attached hydrogens (tertiary/aromatic N) is 2. The van der Waals surface area contributed by atoms with Crippen LogP contribution in [0.3, 0.4) is 0 Å². The summed E-state index contributed by atoms with van der Waals surface area (Å²) in [6.07, 6.45) is 7.33. The number of methoxy groups -OCH3 is 1. The van der Waals surface area contributed by atoms with Gasteiger partial charge in [0.25, 0.3) is 0 Å². The van der Waals surface area contributed by atoms with E-state index in [1.54, 1.807) is 11.8 Å². The third-order valence-corrected chi connectivity index (χ3v) is 4.10. The van der Waals surface area contributed by atoms with Gasteiger partial charge in [-0.3, -0.25) is 4.68 Å². The van der Waals surface area contributed by atoms with Crippen LogP contribution < -0.4 is 10.1 Å². The minimum atomic E-state index is 0.108. The molecule has 1 aliphatic carbocycles. The summed E-state index contributed by atoms with van der Waals surface area (Å²) >= 11 is 0. The first-order valence-corrected chi connectivity index (χ1v) is 7.81. The molecular weight excluding hydrogens is 278 g/mol. The fraction of sp³-hybridized carbons (Fsp3) is 0.471. The molecule has 0 amide bonds. The van der Waals surface area contributed by atoms with Crippen LogP contribution in [0.5, 0.6) is 5.75 Å². The number of rotatable bonds is 8. The quantitative estimate of drug-likeness (QED) is 0.785. The molecule has 1 atom stereocenters. The van der Waals surface area contributed by atoms with Crippen LogP contribution in [0.4, 0.5) is 5.69 Å². The van der Waals surface area contributed by atoms with Gasteiger partial charge in [-0.1, -0.05) is 12.1 Å². The van der Waals surface area contributed by atoms with Crippen LogP contribution >= 0.6 is 0 Å². The van der Waals surface area contributed by atoms with E-state index in [1.165, 1.54) is 18.4 Å². The number of ether oxygens (including phenoxy) is 1. The largest absolute Gasteiger partial charge is 0.497 e. The van der Waals surface area contributed by atoms with Crippen molar-refractivity contribution >= 4 is 5.69 Å². The fourth-order valence-corrected chi connectivity index (χ4v) is 2.76. The Labute approximate surface area is 130 Å². The predicted molar refractivity (Wildman–Crippen MR) is 86.1 cm³/mol. The highest BCUT2D eigenvalue weighted by Gasteiger charge is 2.31. The van der Waals surface area contributed by atoms with E-state index in [4.69, 9.17) is 9.84 Å². The van der Waals surface area contributed by atoms with Crippen molar-refractivity contribution in [1.29, 1.82) is 0 Å². The minimum absolute atomic E-state index is 0.108. The third-order valence-electron chi connectivity index (χ3n) is 4.10. The highest BCUT2D eigenvalue weighted by Crippen LogP contribution is 2.36. The summed E-state index contributed by atoms with van der Waals surface area (Å²) < 4.78 is 7.07. The first kappa shape index (κ1) is 14.9. The Morgan fingerprint density at radius 3 is 3.05 bits per heavy atom. The van der Waals surface area contributed by atoms with Crippen LogP contribution in [-0.4, -0.2) is 34.6 Å². The molecule has 0 bridgehead atoms. The van der Waals surface area contributed by atoms with Crippen molar-refractivity contribution in [2.45, 2.75) is 31.8 Å². The van der Waals surface area contributed by atoms with E-state index in [1.807, 2.05) is 24.5 Å². The average Bonchev–Trinajstić information content (AvgIpc) is 3.29. The lowest BCUT2D eigenvalue weighted by Gasteiger charge is -2.19. The molecule has 1 fully saturated rings. The number of anilines is 1. The van der Waals surface area contributed by atoms with Crippen molar-refractivity contribution in [3.8, 4) is 5.75 Å². The molecule has 0 aliphatic heterocycles. The van der Waals surface area contributed by atoms with Gasteiger partial charge in [-0.15, -0.1) is 0 Å². The Balaban J connectivity index is 1.67. The van der Waals surface area contributed by atoms with E-state index >= 15 is 0 Å². The smallest absolute Gasteiger partial charge is 0.119 e. The molecule has 1 heterocycles. The van der Waals surface area contributed by atoms with E-state index in [0.717, 1.165) is 23.8 Å². The van der Waals surface area contributed by atoms with Crippen LogP contribution in [0.25, 0.3) is 0 Å². The van der Waals surface area contributed by atoms with Crippen molar-refractivity contribution in [1.82, 2.24) is 9.78 Å². The molecule has 3 rings (SSSR count). The number of aliphatic hydroxyl groups excluding tert-OH is 1. The zero-order valence-electron chi connectivity index (χ0n) is 12.9. The van der Waals surface area contributed by atoms with E-state index in [2.05, 4.69) is 22.5 Å². The van der Waals surface area contributed by atoms with Crippen LogP contribution in [0.2, 0.25) is 0 Å². The van der Waals surface area contributed by atoms with Gasteiger partial charge in [0.15, 0.2) is 0 Å². The summed E-state index contributed by atoms with van der Waals surface area (Å²) in [5.74, 6) is 1.63. The van der Waals surface area contributed by atoms with Gasteiger partial charge in [0.05, 0.1) is 32.1 Å². The van der Waals surface area contributed by atoms with E-state index < -0.39 is 0 Å². The van der Waals surface area contributed by atoms with Crippen LogP contribution in [-0.2, 0) is 13.0 Å². The highest BCUT2D eigenvalue weighted by molar-refractivity contribution is 5.41. The van der Waals surface area contributed by atoms with Crippen LogP contribution in [0.15, 0.2) is 36.7 Å². The van der Waals surface area contributed by atoms with E-state index in [9.17, 15) is 0 Å². The van der Waals surface area contributed by atoms with Gasteiger partial charge in [-0.25, -0.2) is 0 Å². The molecule has 1 aromatic carbocycles. The summed E-state index contributed by atoms with van der Waals surface area (Å²) in [5.41, 5.74) is 2.31. The summed E-state index contributed by atoms with van der Waals surface area (Å²) in [6, 6.07) is 8.68. The molecule has 1 aromatic heterocycles. The summed E-state index contributed by atoms with van der Waals surface area (Å²) in [4.78, 5) is 0. The Hall–Kier alpha value is -2.01. The minimum Gasteiger partial charge on any atom is -0.497 e. The Kier molecular flexibility index (Phi) is 4.63. The molecule has 1 unspecified atom stereocenters. The van der Waals surface area contributed by atoms with Crippen molar-refractivity contribution in [3.05, 3.63) is 42.2 Å². The molecule has 0 spiro atoms. The van der Waals surface area contributed by atoms with Crippen molar-refractivity contribution in [2.24, 2.45) is 5.92 Å². The second-order valence-corrected chi connectivity index (χ2v) is 5.86. The van der Waals surface area contributed by atoms with Crippen molar-refractivity contribution in [3.63, 3.8) is 0 Å². The Morgan fingerprint density at radius 2 is 2.32 bits per heavy atom. The standard InChI is InChI=1S/C17H23N3O2/c1-22-16-4-2-3-13(9-16)10-17(14-5-6-14)19-15-11-18-20(12-15)7-8-21/h2-4,9,11-12,14,17,19,21H,5-8,10H2,1H3. The number of benzene rings is 1. The first-order valence-electron chi connectivity index (χ1n) is 7.81. The molecule has 1 aliphatic rings. The molecule has 1 saturated carbocycles. The highest BCUT2D eigenvalue weighted by atomic mass is 16.5. The maximum atomic E-state index is 8.96. The average molecular weight is 301 g/mol. The van der Waals surface area contributed by atoms with Crippen molar-refractivity contribution < 1.29 is 9.84 Å². The molecule has 0 radical (unpaired) electrons. The predicted octanol–water partition coefficient (Wildman–Crippen LogP) is 2.32. The maximum absolute atomic E-state index is 8.96. The van der Waals surface area contributed by atoms with E-state index in [-0.39, 0.29) is 6.61 Å². The van der Waals surface area contributed by atoms with Gasteiger partial charge < -0.3 is 15.2 Å². The van der Waals surface area contributed by atoms with Crippen LogP contribution in [0, 0.1) is 5.92 Å². The zero-order chi connectivity index (χ0) is 15.4. The summed E-state index contributed by atoms with van der Waals surface area (Å²) in [7, 11) is 1.70. The number of aromatic nitrogens is 2. The molecule has 5 heteroatoms. The van der Waals surface area contributed by atoms with Gasteiger partial charge in [0.1, 0.15) is 5.75 Å². The molecule has 2 N–H and O–H groups in total. The topological polar surface area (TPSA) is 59.3 Å². The Morgan fingerprint density at radius 1 is 1.45 bits per heavy atom. The molecule has 5 nitrogen and oxygen atoms in total. The normalized spacial score (nSPS) is 15.5. The van der Waals surface area contributed by atoms with Gasteiger partial charge in [0.2, 0.25) is 0 Å². The first-order chi connectivity index (χ1) is 10.8. The monoisotopic (exact) mass is 301 g/mol. The number of hydrogen-bond donors (Lipinski definition) is 2. The second-order valence-electron chi connectivity index (χ2n) is 5.86. The number of nitrogens with one attached hydrogen (secondary N) is 1. The Bertz CT molecular complexity index is 607. The van der Waals surface area contributed by atoms with Gasteiger partial charge in [0, 0.05) is 12.2 Å². The maximum Gasteiger partial charge on any atom is 0.119 e. The summed E-state index contributed by atoms with van der Waals surface area (Å²) in [5, 5.41) is 16.8. The second kappa shape index (κ2) is 6.83. The van der Waals surface area contributed by atoms with Gasteiger partial charge in [-0.2, -0.15) is 5.10 Å². The van der Waals surface area contributed by atoms with Gasteiger partial charge in [-0.05, 0) is 42.9 Å². The lowest BCUT2D eigenvalue weighted by molar-refractivity contribution is 0.269. The zero-order valence-corrected chi connectivity index (χ0v) is 12.9.